The lowest BCUT2D eigenvalue weighted by molar-refractivity contribution is -0.120. The first-order valence-electron chi connectivity index (χ1n) is 10.8. The van der Waals surface area contributed by atoms with E-state index in [1.54, 1.807) is 24.3 Å². The van der Waals surface area contributed by atoms with E-state index in [0.717, 1.165) is 38.8 Å². The predicted octanol–water partition coefficient (Wildman–Crippen LogP) is 2.84. The summed E-state index contributed by atoms with van der Waals surface area (Å²) in [6.45, 7) is 1.20. The fraction of sp³-hybridized carbons (Fsp3) is 0.375. The Morgan fingerprint density at radius 3 is 2.00 bits per heavy atom. The zero-order valence-electron chi connectivity index (χ0n) is 18.9. The summed E-state index contributed by atoms with van der Waals surface area (Å²) in [6.07, 6.45) is 4.36. The van der Waals surface area contributed by atoms with Crippen molar-refractivity contribution in [2.75, 3.05) is 39.2 Å². The highest BCUT2D eigenvalue weighted by atomic mass is 16.5. The van der Waals surface area contributed by atoms with Gasteiger partial charge in [-0.1, -0.05) is 12.8 Å². The van der Waals surface area contributed by atoms with Crippen molar-refractivity contribution in [3.63, 3.8) is 0 Å². The molecule has 1 aliphatic rings. The Morgan fingerprint density at radius 1 is 0.909 bits per heavy atom. The van der Waals surface area contributed by atoms with Crippen LogP contribution in [0.3, 0.4) is 0 Å². The van der Waals surface area contributed by atoms with Gasteiger partial charge in [0, 0.05) is 29.9 Å². The first-order chi connectivity index (χ1) is 15.9. The van der Waals surface area contributed by atoms with Crippen LogP contribution in [-0.4, -0.2) is 56.5 Å². The van der Waals surface area contributed by atoms with Gasteiger partial charge in [-0.05, 0) is 49.2 Å². The van der Waals surface area contributed by atoms with Crippen molar-refractivity contribution in [3.8, 4) is 17.2 Å². The van der Waals surface area contributed by atoms with Gasteiger partial charge in [-0.25, -0.2) is 0 Å². The number of carbonyl (C=O) groups excluding carboxylic acids is 3. The maximum atomic E-state index is 12.8. The highest BCUT2D eigenvalue weighted by Gasteiger charge is 2.20. The number of anilines is 1. The third kappa shape index (κ3) is 6.15. The number of methoxy groups -OCH3 is 2. The van der Waals surface area contributed by atoms with Crippen LogP contribution < -0.4 is 25.3 Å². The van der Waals surface area contributed by atoms with Crippen LogP contribution in [0.2, 0.25) is 0 Å². The molecule has 33 heavy (non-hydrogen) atoms. The first kappa shape index (κ1) is 23.9. The number of likely N-dealkylation sites (tertiary alicyclic amines) is 1. The molecule has 0 aromatic heterocycles. The predicted molar refractivity (Wildman–Crippen MR) is 123 cm³/mol. The fourth-order valence-corrected chi connectivity index (χ4v) is 3.65. The van der Waals surface area contributed by atoms with Gasteiger partial charge >= 0.3 is 0 Å². The van der Waals surface area contributed by atoms with Crippen molar-refractivity contribution in [2.45, 2.75) is 25.7 Å². The number of rotatable bonds is 8. The van der Waals surface area contributed by atoms with Crippen LogP contribution in [0.1, 0.15) is 46.4 Å². The van der Waals surface area contributed by atoms with Crippen molar-refractivity contribution in [1.29, 1.82) is 0 Å². The van der Waals surface area contributed by atoms with Crippen molar-refractivity contribution in [1.82, 2.24) is 4.90 Å². The average Bonchev–Trinajstić information content (AvgIpc) is 3.11. The second-order valence-electron chi connectivity index (χ2n) is 7.70. The van der Waals surface area contributed by atoms with Crippen LogP contribution >= 0.6 is 0 Å². The molecule has 2 aromatic carbocycles. The van der Waals surface area contributed by atoms with Gasteiger partial charge in [0.2, 0.25) is 5.75 Å². The molecule has 9 heteroatoms. The molecule has 0 bridgehead atoms. The topological polar surface area (TPSA) is 120 Å². The number of hydrogen-bond acceptors (Lipinski definition) is 6. The van der Waals surface area contributed by atoms with E-state index in [4.69, 9.17) is 19.9 Å². The van der Waals surface area contributed by atoms with Crippen LogP contribution in [0, 0.1) is 0 Å². The van der Waals surface area contributed by atoms with Crippen molar-refractivity contribution < 1.29 is 28.6 Å². The number of nitrogens with one attached hydrogen (secondary N) is 1. The minimum Gasteiger partial charge on any atom is -0.493 e. The molecule has 176 valence electrons. The molecule has 3 N–H and O–H groups in total. The summed E-state index contributed by atoms with van der Waals surface area (Å²) in [4.78, 5) is 38.5. The Morgan fingerprint density at radius 2 is 1.48 bits per heavy atom. The van der Waals surface area contributed by atoms with Gasteiger partial charge in [-0.2, -0.15) is 0 Å². The minimum absolute atomic E-state index is 0.01000. The number of hydrogen-bond donors (Lipinski definition) is 2. The number of ether oxygens (including phenoxy) is 3. The van der Waals surface area contributed by atoms with Gasteiger partial charge in [0.1, 0.15) is 0 Å². The van der Waals surface area contributed by atoms with Gasteiger partial charge in [0.15, 0.2) is 18.1 Å². The SMILES string of the molecule is COc1cc(C(=O)Nc2ccc(C(=O)N3CCCCCC3)cc2)cc(OC)c1OCC(N)=O. The Balaban J connectivity index is 1.72. The Kier molecular flexibility index (Phi) is 8.12. The molecule has 0 saturated carbocycles. The van der Waals surface area contributed by atoms with Crippen LogP contribution in [0.15, 0.2) is 36.4 Å². The number of carbonyl (C=O) groups is 3. The molecule has 1 heterocycles. The zero-order valence-corrected chi connectivity index (χ0v) is 18.9. The summed E-state index contributed by atoms with van der Waals surface area (Å²) in [5.74, 6) is -0.431. The van der Waals surface area contributed by atoms with E-state index in [2.05, 4.69) is 5.32 Å². The third-order valence-electron chi connectivity index (χ3n) is 5.36. The van der Waals surface area contributed by atoms with E-state index < -0.39 is 11.8 Å². The van der Waals surface area contributed by atoms with E-state index in [9.17, 15) is 14.4 Å². The molecule has 0 atom stereocenters. The number of nitrogens with zero attached hydrogens (tertiary/aromatic N) is 1. The lowest BCUT2D eigenvalue weighted by atomic mass is 10.1. The van der Waals surface area contributed by atoms with E-state index in [0.29, 0.717) is 11.3 Å². The number of primary amides is 1. The van der Waals surface area contributed by atoms with Gasteiger partial charge in [-0.15, -0.1) is 0 Å². The molecular weight excluding hydrogens is 426 g/mol. The molecule has 3 rings (SSSR count). The van der Waals surface area contributed by atoms with Crippen LogP contribution in [0.25, 0.3) is 0 Å². The molecule has 1 saturated heterocycles. The summed E-state index contributed by atoms with van der Waals surface area (Å²) < 4.78 is 15.9. The summed E-state index contributed by atoms with van der Waals surface area (Å²) >= 11 is 0. The number of amides is 3. The van der Waals surface area contributed by atoms with E-state index in [-0.39, 0.29) is 35.3 Å². The van der Waals surface area contributed by atoms with Gasteiger partial charge in [0.05, 0.1) is 14.2 Å². The Hall–Kier alpha value is -3.75. The standard InChI is InChI=1S/C24H29N3O6/c1-31-19-13-17(14-20(32-2)22(19)33-15-21(25)28)23(29)26-18-9-7-16(8-10-18)24(30)27-11-5-3-4-6-12-27/h7-10,13-14H,3-6,11-12,15H2,1-2H3,(H2,25,28)(H,26,29). The first-order valence-corrected chi connectivity index (χ1v) is 10.8. The average molecular weight is 456 g/mol. The fourth-order valence-electron chi connectivity index (χ4n) is 3.65. The minimum atomic E-state index is -0.654. The summed E-state index contributed by atoms with van der Waals surface area (Å²) in [6, 6.07) is 9.77. The highest BCUT2D eigenvalue weighted by Crippen LogP contribution is 2.38. The second kappa shape index (κ2) is 11.2. The largest absolute Gasteiger partial charge is 0.493 e. The second-order valence-corrected chi connectivity index (χ2v) is 7.70. The molecule has 2 aromatic rings. The third-order valence-corrected chi connectivity index (χ3v) is 5.36. The Labute approximate surface area is 192 Å². The quantitative estimate of drug-likeness (QED) is 0.632. The summed E-state index contributed by atoms with van der Waals surface area (Å²) in [5, 5.41) is 2.80. The van der Waals surface area contributed by atoms with Gasteiger partial charge < -0.3 is 30.2 Å². The molecule has 0 spiro atoms. The van der Waals surface area contributed by atoms with Crippen LogP contribution in [0.4, 0.5) is 5.69 Å². The zero-order chi connectivity index (χ0) is 23.8. The van der Waals surface area contributed by atoms with Gasteiger partial charge in [0.25, 0.3) is 17.7 Å². The highest BCUT2D eigenvalue weighted by molar-refractivity contribution is 6.05. The van der Waals surface area contributed by atoms with E-state index >= 15 is 0 Å². The van der Waals surface area contributed by atoms with E-state index in [1.165, 1.54) is 26.4 Å². The number of nitrogens with two attached hydrogens (primary N) is 1. The van der Waals surface area contributed by atoms with Crippen molar-refractivity contribution >= 4 is 23.4 Å². The molecule has 1 aliphatic heterocycles. The molecule has 3 amide bonds. The lowest BCUT2D eigenvalue weighted by Gasteiger charge is -2.20. The van der Waals surface area contributed by atoms with E-state index in [1.807, 2.05) is 4.90 Å². The molecule has 0 radical (unpaired) electrons. The normalized spacial score (nSPS) is 13.6. The number of benzene rings is 2. The maximum Gasteiger partial charge on any atom is 0.255 e. The van der Waals surface area contributed by atoms with Gasteiger partial charge in [-0.3, -0.25) is 14.4 Å². The molecule has 1 fully saturated rings. The summed E-state index contributed by atoms with van der Waals surface area (Å²) in [7, 11) is 2.82. The van der Waals surface area contributed by atoms with Crippen LogP contribution in [-0.2, 0) is 4.79 Å². The maximum absolute atomic E-state index is 12.8. The summed E-state index contributed by atoms with van der Waals surface area (Å²) in [5.41, 5.74) is 6.53. The monoisotopic (exact) mass is 455 g/mol. The Bertz CT molecular complexity index is 973. The lowest BCUT2D eigenvalue weighted by Crippen LogP contribution is -2.31. The molecule has 0 unspecified atom stereocenters. The smallest absolute Gasteiger partial charge is 0.255 e. The van der Waals surface area contributed by atoms with Crippen molar-refractivity contribution in [3.05, 3.63) is 47.5 Å². The molecular formula is C24H29N3O6. The molecule has 0 aliphatic carbocycles. The van der Waals surface area contributed by atoms with Crippen molar-refractivity contribution in [2.24, 2.45) is 5.73 Å². The van der Waals surface area contributed by atoms with Crippen LogP contribution in [0.5, 0.6) is 17.2 Å². The molecule has 9 nitrogen and oxygen atoms in total.